The van der Waals surface area contributed by atoms with Crippen molar-refractivity contribution < 1.29 is 18.3 Å². The van der Waals surface area contributed by atoms with Crippen LogP contribution in [0.15, 0.2) is 65.2 Å². The number of pyridine rings is 1. The highest BCUT2D eigenvalue weighted by Gasteiger charge is 2.23. The minimum absolute atomic E-state index is 0.115. The number of carbonyl (C=O) groups is 1. The van der Waals surface area contributed by atoms with Gasteiger partial charge < -0.3 is 9.15 Å². The average Bonchev–Trinajstić information content (AvgIpc) is 3.09. The highest BCUT2D eigenvalue weighted by molar-refractivity contribution is 5.86. The summed E-state index contributed by atoms with van der Waals surface area (Å²) in [5.41, 5.74) is 1.02. The lowest BCUT2D eigenvalue weighted by molar-refractivity contribution is 0.0332. The number of benzene rings is 1. The number of furan rings is 1. The Morgan fingerprint density at radius 2 is 2.08 bits per heavy atom. The van der Waals surface area contributed by atoms with Gasteiger partial charge in [0.1, 0.15) is 11.6 Å². The Morgan fingerprint density at radius 3 is 2.75 bits per heavy atom. The molecule has 0 bridgehead atoms. The summed E-state index contributed by atoms with van der Waals surface area (Å²) in [5.74, 6) is -0.211. The summed E-state index contributed by atoms with van der Waals surface area (Å²) in [4.78, 5) is 16.6. The van der Waals surface area contributed by atoms with Crippen LogP contribution in [0, 0.1) is 5.82 Å². The molecule has 24 heavy (non-hydrogen) atoms. The van der Waals surface area contributed by atoms with Gasteiger partial charge in [0.2, 0.25) is 5.76 Å². The average molecular weight is 325 g/mol. The number of rotatable bonds is 5. The van der Waals surface area contributed by atoms with Crippen molar-refractivity contribution in [3.8, 4) is 0 Å². The van der Waals surface area contributed by atoms with E-state index in [2.05, 4.69) is 4.98 Å². The number of hydrogen-bond acceptors (Lipinski definition) is 4. The zero-order valence-corrected chi connectivity index (χ0v) is 13.1. The molecule has 3 aromatic rings. The van der Waals surface area contributed by atoms with Crippen LogP contribution in [0.4, 0.5) is 4.39 Å². The topological polar surface area (TPSA) is 52.3 Å². The van der Waals surface area contributed by atoms with Gasteiger partial charge in [-0.25, -0.2) is 9.18 Å². The van der Waals surface area contributed by atoms with E-state index >= 15 is 0 Å². The van der Waals surface area contributed by atoms with Crippen molar-refractivity contribution in [2.45, 2.75) is 19.4 Å². The number of esters is 1. The number of halogens is 1. The predicted octanol–water partition coefficient (Wildman–Crippen LogP) is 4.32. The van der Waals surface area contributed by atoms with Gasteiger partial charge in [-0.15, -0.1) is 0 Å². The van der Waals surface area contributed by atoms with E-state index in [1.165, 1.54) is 12.1 Å². The van der Waals surface area contributed by atoms with Crippen LogP contribution in [0.2, 0.25) is 0 Å². The largest absolute Gasteiger partial charge is 0.454 e. The van der Waals surface area contributed by atoms with Gasteiger partial charge in [-0.3, -0.25) is 4.98 Å². The van der Waals surface area contributed by atoms with Crippen molar-refractivity contribution in [3.05, 3.63) is 89.4 Å². The zero-order valence-electron chi connectivity index (χ0n) is 13.1. The number of aryl methyl sites for hydroxylation is 1. The summed E-state index contributed by atoms with van der Waals surface area (Å²) >= 11 is 0. The Kier molecular flexibility index (Phi) is 4.70. The van der Waals surface area contributed by atoms with Gasteiger partial charge in [-0.2, -0.15) is 0 Å². The molecule has 0 aliphatic carbocycles. The smallest absolute Gasteiger partial charge is 0.375 e. The fraction of sp³-hybridized carbons (Fsp3) is 0.158. The summed E-state index contributed by atoms with van der Waals surface area (Å²) in [7, 11) is 0. The molecule has 1 atom stereocenters. The van der Waals surface area contributed by atoms with Crippen molar-refractivity contribution in [1.29, 1.82) is 0 Å². The molecule has 2 aromatic heterocycles. The molecule has 0 fully saturated rings. The van der Waals surface area contributed by atoms with Crippen LogP contribution >= 0.6 is 0 Å². The molecule has 4 nitrogen and oxygen atoms in total. The SMILES string of the molecule is CCc1ccc(C(=O)OC(c2cccc(F)c2)c2ccccn2)o1. The maximum Gasteiger partial charge on any atom is 0.375 e. The lowest BCUT2D eigenvalue weighted by Crippen LogP contribution is -2.14. The second kappa shape index (κ2) is 7.08. The number of ether oxygens (including phenoxy) is 1. The predicted molar refractivity (Wildman–Crippen MR) is 86.0 cm³/mol. The summed E-state index contributed by atoms with van der Waals surface area (Å²) < 4.78 is 24.6. The van der Waals surface area contributed by atoms with Crippen LogP contribution < -0.4 is 0 Å². The second-order valence-corrected chi connectivity index (χ2v) is 5.21. The first-order chi connectivity index (χ1) is 11.7. The Balaban J connectivity index is 1.91. The summed E-state index contributed by atoms with van der Waals surface area (Å²) in [5, 5.41) is 0. The minimum Gasteiger partial charge on any atom is -0.454 e. The molecule has 1 aromatic carbocycles. The van der Waals surface area contributed by atoms with E-state index in [1.807, 2.05) is 6.92 Å². The quantitative estimate of drug-likeness (QED) is 0.656. The zero-order chi connectivity index (χ0) is 16.9. The van der Waals surface area contributed by atoms with Crippen LogP contribution in [0.3, 0.4) is 0 Å². The first-order valence-corrected chi connectivity index (χ1v) is 7.63. The molecular formula is C19H16FNO3. The number of aromatic nitrogens is 1. The van der Waals surface area contributed by atoms with Crippen LogP contribution in [0.1, 0.15) is 40.6 Å². The van der Waals surface area contributed by atoms with Crippen LogP contribution in [-0.4, -0.2) is 11.0 Å². The van der Waals surface area contributed by atoms with Gasteiger partial charge in [0.25, 0.3) is 0 Å². The van der Waals surface area contributed by atoms with Gasteiger partial charge >= 0.3 is 5.97 Å². The molecule has 5 heteroatoms. The molecule has 0 radical (unpaired) electrons. The number of hydrogen-bond donors (Lipinski definition) is 0. The van der Waals surface area contributed by atoms with E-state index in [0.717, 1.165) is 0 Å². The Labute approximate surface area is 138 Å². The highest BCUT2D eigenvalue weighted by atomic mass is 19.1. The molecule has 0 aliphatic heterocycles. The molecule has 0 spiro atoms. The van der Waals surface area contributed by atoms with Gasteiger partial charge in [-0.1, -0.05) is 25.1 Å². The van der Waals surface area contributed by atoms with E-state index in [4.69, 9.17) is 9.15 Å². The third-order valence-corrected chi connectivity index (χ3v) is 3.54. The first-order valence-electron chi connectivity index (χ1n) is 7.63. The maximum absolute atomic E-state index is 13.6. The highest BCUT2D eigenvalue weighted by Crippen LogP contribution is 2.26. The fourth-order valence-corrected chi connectivity index (χ4v) is 2.34. The van der Waals surface area contributed by atoms with Crippen LogP contribution in [0.5, 0.6) is 0 Å². The van der Waals surface area contributed by atoms with Crippen molar-refractivity contribution in [1.82, 2.24) is 4.98 Å². The van der Waals surface area contributed by atoms with Crippen LogP contribution in [-0.2, 0) is 11.2 Å². The fourth-order valence-electron chi connectivity index (χ4n) is 2.34. The van der Waals surface area contributed by atoms with Crippen molar-refractivity contribution in [2.75, 3.05) is 0 Å². The molecule has 0 N–H and O–H groups in total. The van der Waals surface area contributed by atoms with E-state index in [-0.39, 0.29) is 5.76 Å². The molecular weight excluding hydrogens is 309 g/mol. The molecule has 2 heterocycles. The molecule has 1 unspecified atom stereocenters. The Hall–Kier alpha value is -2.95. The van der Waals surface area contributed by atoms with Crippen molar-refractivity contribution in [3.63, 3.8) is 0 Å². The molecule has 0 aliphatic rings. The standard InChI is InChI=1S/C19H16FNO3/c1-2-15-9-10-17(23-15)19(22)24-18(16-8-3-4-11-21-16)13-6-5-7-14(20)12-13/h3-12,18H,2H2,1H3. The number of carbonyl (C=O) groups excluding carboxylic acids is 1. The lowest BCUT2D eigenvalue weighted by Gasteiger charge is -2.17. The summed E-state index contributed by atoms with van der Waals surface area (Å²) in [6.45, 7) is 1.93. The van der Waals surface area contributed by atoms with Crippen molar-refractivity contribution >= 4 is 5.97 Å². The van der Waals surface area contributed by atoms with Crippen molar-refractivity contribution in [2.24, 2.45) is 0 Å². The number of nitrogens with zero attached hydrogens (tertiary/aromatic N) is 1. The van der Waals surface area contributed by atoms with E-state index in [1.54, 1.807) is 48.7 Å². The van der Waals surface area contributed by atoms with Gasteiger partial charge in [-0.05, 0) is 36.4 Å². The normalized spacial score (nSPS) is 11.9. The van der Waals surface area contributed by atoms with E-state index in [0.29, 0.717) is 23.4 Å². The molecule has 3 rings (SSSR count). The second-order valence-electron chi connectivity index (χ2n) is 5.21. The van der Waals surface area contributed by atoms with E-state index in [9.17, 15) is 9.18 Å². The molecule has 0 saturated heterocycles. The molecule has 0 saturated carbocycles. The Morgan fingerprint density at radius 1 is 1.21 bits per heavy atom. The monoisotopic (exact) mass is 325 g/mol. The lowest BCUT2D eigenvalue weighted by atomic mass is 10.1. The van der Waals surface area contributed by atoms with E-state index < -0.39 is 17.9 Å². The summed E-state index contributed by atoms with van der Waals surface area (Å²) in [6.07, 6.45) is 1.46. The third kappa shape index (κ3) is 3.51. The molecule has 0 amide bonds. The maximum atomic E-state index is 13.6. The van der Waals surface area contributed by atoms with Crippen LogP contribution in [0.25, 0.3) is 0 Å². The summed E-state index contributed by atoms with van der Waals surface area (Å²) in [6, 6.07) is 14.5. The van der Waals surface area contributed by atoms with Gasteiger partial charge in [0.15, 0.2) is 6.10 Å². The molecule has 122 valence electrons. The van der Waals surface area contributed by atoms with Gasteiger partial charge in [0.05, 0.1) is 5.69 Å². The third-order valence-electron chi connectivity index (χ3n) is 3.54. The minimum atomic E-state index is -0.815. The Bertz CT molecular complexity index is 829. The van der Waals surface area contributed by atoms with Gasteiger partial charge in [0, 0.05) is 18.2 Å². The first kappa shape index (κ1) is 15.9.